The number of rotatable bonds is 22. The van der Waals surface area contributed by atoms with Crippen molar-refractivity contribution in [3.05, 3.63) is 71.8 Å². The van der Waals surface area contributed by atoms with Gasteiger partial charge in [0.1, 0.15) is 30.2 Å². The molecule has 50 heavy (non-hydrogen) atoms. The van der Waals surface area contributed by atoms with Crippen LogP contribution in [0.2, 0.25) is 0 Å². The van der Waals surface area contributed by atoms with Crippen LogP contribution >= 0.6 is 11.8 Å². The Morgan fingerprint density at radius 2 is 1.14 bits per heavy atom. The van der Waals surface area contributed by atoms with Crippen LogP contribution in [0.4, 0.5) is 0 Å². The fourth-order valence-corrected chi connectivity index (χ4v) is 5.56. The van der Waals surface area contributed by atoms with Gasteiger partial charge in [-0.15, -0.1) is 0 Å². The van der Waals surface area contributed by atoms with E-state index in [-0.39, 0.29) is 37.5 Å². The standard InChI is InChI=1S/C36H53N7O6S/c1-23(2)20-28(35(48)41-27(32(38)45)17-19-50-4)42-33(46)24(3)39-34(47)30(22-26-14-9-6-10-15-26)43-36(49)29(40-31(44)16-11-18-37)21-25-12-7-5-8-13-25/h5-10,12-15,23-24,27-30H,11,16-22,37H2,1-4H3,(H2,38,45)(H,39,47)(H,40,44)(H,41,48)(H,42,46)(H,43,49)/t24-,27+,28-,29-,30-/m0/s1. The first kappa shape index (κ1) is 41.7. The van der Waals surface area contributed by atoms with Crippen molar-refractivity contribution in [1.29, 1.82) is 0 Å². The zero-order chi connectivity index (χ0) is 37.1. The summed E-state index contributed by atoms with van der Waals surface area (Å²) in [5.41, 5.74) is 12.6. The van der Waals surface area contributed by atoms with Crippen LogP contribution in [0, 0.1) is 5.92 Å². The van der Waals surface area contributed by atoms with Gasteiger partial charge in [-0.2, -0.15) is 11.8 Å². The molecule has 0 saturated heterocycles. The van der Waals surface area contributed by atoms with Crippen LogP contribution in [0.15, 0.2) is 60.7 Å². The molecule has 0 unspecified atom stereocenters. The van der Waals surface area contributed by atoms with Gasteiger partial charge in [-0.1, -0.05) is 74.5 Å². The van der Waals surface area contributed by atoms with Gasteiger partial charge in [0.2, 0.25) is 35.4 Å². The summed E-state index contributed by atoms with van der Waals surface area (Å²) in [6, 6.07) is 13.2. The summed E-state index contributed by atoms with van der Waals surface area (Å²) >= 11 is 1.51. The molecule has 5 atom stereocenters. The van der Waals surface area contributed by atoms with E-state index < -0.39 is 59.7 Å². The van der Waals surface area contributed by atoms with Crippen LogP contribution < -0.4 is 38.1 Å². The largest absolute Gasteiger partial charge is 0.368 e. The third-order valence-electron chi connectivity index (χ3n) is 7.82. The van der Waals surface area contributed by atoms with E-state index in [9.17, 15) is 28.8 Å². The number of hydrogen-bond donors (Lipinski definition) is 7. The Morgan fingerprint density at radius 3 is 1.64 bits per heavy atom. The van der Waals surface area contributed by atoms with Crippen LogP contribution in [0.25, 0.3) is 0 Å². The fourth-order valence-electron chi connectivity index (χ4n) is 5.09. The average molecular weight is 712 g/mol. The summed E-state index contributed by atoms with van der Waals surface area (Å²) in [7, 11) is 0. The van der Waals surface area contributed by atoms with Crippen molar-refractivity contribution in [3.8, 4) is 0 Å². The monoisotopic (exact) mass is 711 g/mol. The molecule has 9 N–H and O–H groups in total. The van der Waals surface area contributed by atoms with Crippen LogP contribution in [0.3, 0.4) is 0 Å². The number of hydrogen-bond acceptors (Lipinski definition) is 8. The van der Waals surface area contributed by atoms with E-state index in [1.165, 1.54) is 18.7 Å². The van der Waals surface area contributed by atoms with Gasteiger partial charge in [-0.05, 0) is 61.8 Å². The van der Waals surface area contributed by atoms with Crippen LogP contribution in [0.5, 0.6) is 0 Å². The molecular weight excluding hydrogens is 659 g/mol. The van der Waals surface area contributed by atoms with Gasteiger partial charge in [-0.25, -0.2) is 0 Å². The van der Waals surface area contributed by atoms with Crippen molar-refractivity contribution in [1.82, 2.24) is 26.6 Å². The maximum absolute atomic E-state index is 13.7. The maximum atomic E-state index is 13.7. The number of primary amides is 1. The Morgan fingerprint density at radius 1 is 0.660 bits per heavy atom. The lowest BCUT2D eigenvalue weighted by molar-refractivity contribution is -0.134. The minimum absolute atomic E-state index is 0.0132. The Labute approximate surface area is 299 Å². The van der Waals surface area contributed by atoms with Gasteiger partial charge in [0, 0.05) is 19.3 Å². The molecule has 2 rings (SSSR count). The zero-order valence-electron chi connectivity index (χ0n) is 29.4. The number of amides is 6. The lowest BCUT2D eigenvalue weighted by Crippen LogP contribution is -2.59. The molecular formula is C36H53N7O6S. The third-order valence-corrected chi connectivity index (χ3v) is 8.46. The lowest BCUT2D eigenvalue weighted by atomic mass is 10.0. The molecule has 14 heteroatoms. The van der Waals surface area contributed by atoms with Gasteiger partial charge in [0.05, 0.1) is 0 Å². The number of benzene rings is 2. The van der Waals surface area contributed by atoms with Crippen molar-refractivity contribution < 1.29 is 28.8 Å². The fraction of sp³-hybridized carbons (Fsp3) is 0.500. The van der Waals surface area contributed by atoms with Gasteiger partial charge in [0.15, 0.2) is 0 Å². The van der Waals surface area contributed by atoms with Crippen molar-refractivity contribution in [2.75, 3.05) is 18.6 Å². The summed E-state index contributed by atoms with van der Waals surface area (Å²) < 4.78 is 0. The van der Waals surface area contributed by atoms with E-state index in [1.807, 2.05) is 80.8 Å². The Kier molecular flexibility index (Phi) is 18.6. The van der Waals surface area contributed by atoms with E-state index in [1.54, 1.807) is 0 Å². The SMILES string of the molecule is CSCC[C@@H](NC(=O)[C@H](CC(C)C)NC(=O)[C@H](C)NC(=O)[C@H](Cc1ccccc1)NC(=O)[C@H](Cc1ccccc1)NC(=O)CCCN)C(N)=O. The molecule has 0 radical (unpaired) electrons. The molecule has 0 bridgehead atoms. The number of carbonyl (C=O) groups is 6. The zero-order valence-corrected chi connectivity index (χ0v) is 30.2. The lowest BCUT2D eigenvalue weighted by Gasteiger charge is -2.26. The second-order valence-electron chi connectivity index (χ2n) is 12.6. The van der Waals surface area contributed by atoms with Crippen molar-refractivity contribution in [2.45, 2.75) is 89.5 Å². The molecule has 274 valence electrons. The molecule has 0 saturated carbocycles. The number of thioether (sulfide) groups is 1. The van der Waals surface area contributed by atoms with E-state index >= 15 is 0 Å². The third kappa shape index (κ3) is 15.4. The topological polar surface area (TPSA) is 215 Å². The van der Waals surface area contributed by atoms with Crippen molar-refractivity contribution >= 4 is 47.2 Å². The molecule has 2 aromatic carbocycles. The molecule has 0 fully saturated rings. The second-order valence-corrected chi connectivity index (χ2v) is 13.6. The Bertz CT molecular complexity index is 1400. The van der Waals surface area contributed by atoms with Gasteiger partial charge >= 0.3 is 0 Å². The van der Waals surface area contributed by atoms with Gasteiger partial charge in [-0.3, -0.25) is 28.8 Å². The summed E-state index contributed by atoms with van der Waals surface area (Å²) in [4.78, 5) is 78.6. The number of nitrogens with one attached hydrogen (secondary N) is 5. The maximum Gasteiger partial charge on any atom is 0.243 e. The highest BCUT2D eigenvalue weighted by Crippen LogP contribution is 2.10. The van der Waals surface area contributed by atoms with E-state index in [0.717, 1.165) is 11.1 Å². The normalized spacial score (nSPS) is 14.0. The first-order valence-corrected chi connectivity index (χ1v) is 18.3. The smallest absolute Gasteiger partial charge is 0.243 e. The first-order valence-electron chi connectivity index (χ1n) is 16.9. The van der Waals surface area contributed by atoms with Crippen molar-refractivity contribution in [3.63, 3.8) is 0 Å². The minimum atomic E-state index is -1.11. The molecule has 0 spiro atoms. The van der Waals surface area contributed by atoms with Gasteiger partial charge < -0.3 is 38.1 Å². The molecule has 0 aromatic heterocycles. The number of carbonyl (C=O) groups excluding carboxylic acids is 6. The predicted octanol–water partition coefficient (Wildman–Crippen LogP) is 0.939. The molecule has 0 aliphatic rings. The Balaban J connectivity index is 2.23. The summed E-state index contributed by atoms with van der Waals surface area (Å²) in [6.07, 6.45) is 3.38. The minimum Gasteiger partial charge on any atom is -0.368 e. The quantitative estimate of drug-likeness (QED) is 0.0931. The molecule has 13 nitrogen and oxygen atoms in total. The highest BCUT2D eigenvalue weighted by molar-refractivity contribution is 7.98. The second kappa shape index (κ2) is 22.3. The Hall–Kier alpha value is -4.43. The molecule has 2 aromatic rings. The highest BCUT2D eigenvalue weighted by Gasteiger charge is 2.31. The predicted molar refractivity (Wildman–Crippen MR) is 196 cm³/mol. The van der Waals surface area contributed by atoms with E-state index in [2.05, 4.69) is 26.6 Å². The van der Waals surface area contributed by atoms with Crippen LogP contribution in [0.1, 0.15) is 57.6 Å². The average Bonchev–Trinajstić information content (AvgIpc) is 3.08. The van der Waals surface area contributed by atoms with E-state index in [4.69, 9.17) is 11.5 Å². The summed E-state index contributed by atoms with van der Waals surface area (Å²) in [5.74, 6) is -2.77. The van der Waals surface area contributed by atoms with Gasteiger partial charge in [0.25, 0.3) is 0 Å². The van der Waals surface area contributed by atoms with Crippen molar-refractivity contribution in [2.24, 2.45) is 17.4 Å². The first-order chi connectivity index (χ1) is 23.8. The molecule has 6 amide bonds. The molecule has 0 aliphatic heterocycles. The van der Waals surface area contributed by atoms with Crippen LogP contribution in [-0.2, 0) is 41.6 Å². The highest BCUT2D eigenvalue weighted by atomic mass is 32.2. The van der Waals surface area contributed by atoms with Crippen LogP contribution in [-0.4, -0.2) is 84.2 Å². The summed E-state index contributed by atoms with van der Waals surface area (Å²) in [5, 5.41) is 13.6. The number of nitrogens with two attached hydrogens (primary N) is 2. The summed E-state index contributed by atoms with van der Waals surface area (Å²) in [6.45, 7) is 5.57. The van der Waals surface area contributed by atoms with E-state index in [0.29, 0.717) is 25.1 Å². The molecule has 0 aliphatic carbocycles. The molecule has 0 heterocycles.